The summed E-state index contributed by atoms with van der Waals surface area (Å²) in [5.41, 5.74) is 0.871. The van der Waals surface area contributed by atoms with E-state index in [1.165, 1.54) is 0 Å². The topological polar surface area (TPSA) is 38.3 Å². The first-order chi connectivity index (χ1) is 9.34. The molecular weight excluding hydrogens is 297 g/mol. The summed E-state index contributed by atoms with van der Waals surface area (Å²) < 4.78 is 5.06. The Balaban J connectivity index is 2.45. The number of halogens is 2. The van der Waals surface area contributed by atoms with Gasteiger partial charge < -0.3 is 10.1 Å². The zero-order chi connectivity index (χ0) is 15.2. The Labute approximate surface area is 130 Å². The summed E-state index contributed by atoms with van der Waals surface area (Å²) in [6.45, 7) is 5.52. The Kier molecular flexibility index (Phi) is 6.80. The van der Waals surface area contributed by atoms with E-state index in [1.54, 1.807) is 19.2 Å². The molecule has 0 spiro atoms. The molecule has 0 saturated heterocycles. The van der Waals surface area contributed by atoms with Gasteiger partial charge in [-0.2, -0.15) is 0 Å². The molecule has 0 radical (unpaired) electrons. The third-order valence-corrected chi connectivity index (χ3v) is 3.83. The summed E-state index contributed by atoms with van der Waals surface area (Å²) in [6.07, 6.45) is 1.20. The largest absolute Gasteiger partial charge is 0.385 e. The van der Waals surface area contributed by atoms with E-state index in [1.807, 2.05) is 6.07 Å². The van der Waals surface area contributed by atoms with Gasteiger partial charge in [-0.3, -0.25) is 4.79 Å². The van der Waals surface area contributed by atoms with Crippen LogP contribution < -0.4 is 5.32 Å². The second-order valence-electron chi connectivity index (χ2n) is 5.61. The first-order valence-corrected chi connectivity index (χ1v) is 7.29. The van der Waals surface area contributed by atoms with Gasteiger partial charge >= 0.3 is 0 Å². The van der Waals surface area contributed by atoms with E-state index in [2.05, 4.69) is 19.2 Å². The zero-order valence-corrected chi connectivity index (χ0v) is 13.6. The second-order valence-corrected chi connectivity index (χ2v) is 6.42. The van der Waals surface area contributed by atoms with Crippen LogP contribution in [-0.4, -0.2) is 26.2 Å². The highest BCUT2D eigenvalue weighted by Gasteiger charge is 2.18. The lowest BCUT2D eigenvalue weighted by molar-refractivity contribution is -0.120. The number of hydrogen-bond acceptors (Lipinski definition) is 2. The number of benzene rings is 1. The molecule has 1 N–H and O–H groups in total. The molecule has 5 heteroatoms. The number of carbonyl (C=O) groups excluding carboxylic acids is 1. The highest BCUT2D eigenvalue weighted by molar-refractivity contribution is 6.42. The van der Waals surface area contributed by atoms with Gasteiger partial charge in [0.05, 0.1) is 16.5 Å². The molecule has 0 fully saturated rings. The third-order valence-electron chi connectivity index (χ3n) is 3.10. The van der Waals surface area contributed by atoms with Gasteiger partial charge in [0.25, 0.3) is 0 Å². The Morgan fingerprint density at radius 2 is 2.00 bits per heavy atom. The van der Waals surface area contributed by atoms with Crippen LogP contribution in [0.25, 0.3) is 0 Å². The highest BCUT2D eigenvalue weighted by atomic mass is 35.5. The summed E-state index contributed by atoms with van der Waals surface area (Å²) in [5.74, 6) is -0.0196. The molecule has 1 aromatic carbocycles. The summed E-state index contributed by atoms with van der Waals surface area (Å²) in [6, 6.07) is 5.23. The van der Waals surface area contributed by atoms with Crippen molar-refractivity contribution in [1.29, 1.82) is 0 Å². The van der Waals surface area contributed by atoms with Crippen molar-refractivity contribution >= 4 is 29.1 Å². The molecule has 112 valence electrons. The zero-order valence-electron chi connectivity index (χ0n) is 12.1. The molecule has 1 amide bonds. The minimum atomic E-state index is -0.0196. The molecule has 1 rings (SSSR count). The smallest absolute Gasteiger partial charge is 0.224 e. The number of hydrogen-bond donors (Lipinski definition) is 1. The van der Waals surface area contributed by atoms with Crippen LogP contribution >= 0.6 is 23.2 Å². The monoisotopic (exact) mass is 317 g/mol. The Morgan fingerprint density at radius 1 is 1.30 bits per heavy atom. The van der Waals surface area contributed by atoms with Crippen molar-refractivity contribution in [2.75, 3.05) is 20.3 Å². The summed E-state index contributed by atoms with van der Waals surface area (Å²) in [4.78, 5) is 11.9. The Bertz CT molecular complexity index is 461. The first-order valence-electron chi connectivity index (χ1n) is 6.53. The van der Waals surface area contributed by atoms with Crippen molar-refractivity contribution in [3.63, 3.8) is 0 Å². The van der Waals surface area contributed by atoms with E-state index in [0.29, 0.717) is 29.6 Å². The Morgan fingerprint density at radius 3 is 2.60 bits per heavy atom. The van der Waals surface area contributed by atoms with Crippen molar-refractivity contribution in [2.24, 2.45) is 5.41 Å². The number of amides is 1. The van der Waals surface area contributed by atoms with E-state index in [0.717, 1.165) is 12.0 Å². The lowest BCUT2D eigenvalue weighted by Gasteiger charge is -2.24. The van der Waals surface area contributed by atoms with Gasteiger partial charge in [-0.15, -0.1) is 0 Å². The fourth-order valence-electron chi connectivity index (χ4n) is 1.70. The molecule has 0 saturated carbocycles. The average molecular weight is 318 g/mol. The van der Waals surface area contributed by atoms with Crippen LogP contribution in [-0.2, 0) is 16.0 Å². The maximum Gasteiger partial charge on any atom is 0.224 e. The van der Waals surface area contributed by atoms with Crippen molar-refractivity contribution in [1.82, 2.24) is 5.32 Å². The van der Waals surface area contributed by atoms with Crippen molar-refractivity contribution < 1.29 is 9.53 Å². The summed E-state index contributed by atoms with van der Waals surface area (Å²) in [7, 11) is 1.68. The minimum Gasteiger partial charge on any atom is -0.385 e. The predicted octanol–water partition coefficient (Wildman–Crippen LogP) is 3.71. The fourth-order valence-corrected chi connectivity index (χ4v) is 2.02. The molecule has 0 heterocycles. The molecule has 0 aliphatic carbocycles. The van der Waals surface area contributed by atoms with Crippen molar-refractivity contribution in [3.05, 3.63) is 33.8 Å². The van der Waals surface area contributed by atoms with Crippen LogP contribution in [0, 0.1) is 5.41 Å². The lowest BCUT2D eigenvalue weighted by atomic mass is 9.89. The van der Waals surface area contributed by atoms with Gasteiger partial charge in [0.1, 0.15) is 0 Å². The first kappa shape index (κ1) is 17.3. The minimum absolute atomic E-state index is 0.0172. The van der Waals surface area contributed by atoms with Crippen LogP contribution in [0.5, 0.6) is 0 Å². The number of methoxy groups -OCH3 is 1. The van der Waals surface area contributed by atoms with E-state index in [9.17, 15) is 4.79 Å². The van der Waals surface area contributed by atoms with Crippen molar-refractivity contribution in [3.8, 4) is 0 Å². The Hall–Kier alpha value is -0.770. The van der Waals surface area contributed by atoms with E-state index < -0.39 is 0 Å². The van der Waals surface area contributed by atoms with Gasteiger partial charge in [-0.1, -0.05) is 43.1 Å². The van der Waals surface area contributed by atoms with Crippen LogP contribution in [0.2, 0.25) is 10.0 Å². The van der Waals surface area contributed by atoms with Crippen LogP contribution in [0.4, 0.5) is 0 Å². The third kappa shape index (κ3) is 6.12. The van der Waals surface area contributed by atoms with E-state index >= 15 is 0 Å². The molecule has 1 aromatic rings. The standard InChI is InChI=1S/C15H21Cl2NO2/c1-15(2,6-7-20-3)10-18-14(19)9-11-4-5-12(16)13(17)8-11/h4-5,8H,6-7,9-10H2,1-3H3,(H,18,19). The fraction of sp³-hybridized carbons (Fsp3) is 0.533. The number of carbonyl (C=O) groups is 1. The predicted molar refractivity (Wildman–Crippen MR) is 83.4 cm³/mol. The lowest BCUT2D eigenvalue weighted by Crippen LogP contribution is -2.35. The SMILES string of the molecule is COCCC(C)(C)CNC(=O)Cc1ccc(Cl)c(Cl)c1. The molecule has 0 aliphatic rings. The van der Waals surface area contributed by atoms with Gasteiger partial charge in [0.15, 0.2) is 0 Å². The average Bonchev–Trinajstić information content (AvgIpc) is 2.39. The molecule has 3 nitrogen and oxygen atoms in total. The molecule has 0 aliphatic heterocycles. The van der Waals surface area contributed by atoms with Crippen LogP contribution in [0.3, 0.4) is 0 Å². The van der Waals surface area contributed by atoms with E-state index in [4.69, 9.17) is 27.9 Å². The molecular formula is C15H21Cl2NO2. The van der Waals surface area contributed by atoms with Crippen LogP contribution in [0.15, 0.2) is 18.2 Å². The molecule has 0 unspecified atom stereocenters. The normalized spacial score (nSPS) is 11.4. The van der Waals surface area contributed by atoms with Crippen molar-refractivity contribution in [2.45, 2.75) is 26.7 Å². The van der Waals surface area contributed by atoms with Gasteiger partial charge in [0, 0.05) is 20.3 Å². The van der Waals surface area contributed by atoms with Crippen LogP contribution in [0.1, 0.15) is 25.8 Å². The maximum absolute atomic E-state index is 11.9. The van der Waals surface area contributed by atoms with Gasteiger partial charge in [-0.05, 0) is 29.5 Å². The molecule has 0 bridgehead atoms. The molecule has 0 aromatic heterocycles. The summed E-state index contributed by atoms with van der Waals surface area (Å²) >= 11 is 11.8. The molecule has 20 heavy (non-hydrogen) atoms. The summed E-state index contributed by atoms with van der Waals surface area (Å²) in [5, 5.41) is 3.91. The van der Waals surface area contributed by atoms with E-state index in [-0.39, 0.29) is 11.3 Å². The number of nitrogens with one attached hydrogen (secondary N) is 1. The van der Waals surface area contributed by atoms with Gasteiger partial charge in [-0.25, -0.2) is 0 Å². The second kappa shape index (κ2) is 7.87. The number of ether oxygens (including phenoxy) is 1. The number of rotatable bonds is 7. The maximum atomic E-state index is 11.9. The highest BCUT2D eigenvalue weighted by Crippen LogP contribution is 2.23. The quantitative estimate of drug-likeness (QED) is 0.832. The van der Waals surface area contributed by atoms with Gasteiger partial charge in [0.2, 0.25) is 5.91 Å². The molecule has 0 atom stereocenters.